The van der Waals surface area contributed by atoms with E-state index in [1.54, 1.807) is 16.9 Å². The van der Waals surface area contributed by atoms with Crippen molar-refractivity contribution in [1.29, 1.82) is 0 Å². The quantitative estimate of drug-likeness (QED) is 0.646. The molecule has 0 amide bonds. The smallest absolute Gasteiger partial charge is 0.253 e. The summed E-state index contributed by atoms with van der Waals surface area (Å²) in [6.07, 6.45) is 5.17. The van der Waals surface area contributed by atoms with Gasteiger partial charge in [0.05, 0.1) is 18.1 Å². The molecule has 0 fully saturated rings. The fraction of sp³-hybridized carbons (Fsp3) is 0.167. The Bertz CT molecular complexity index is 409. The number of aromatic nitrogens is 4. The third-order valence-electron chi connectivity index (χ3n) is 1.38. The van der Waals surface area contributed by atoms with Crippen LogP contribution in [-0.2, 0) is 0 Å². The molecule has 0 atom stereocenters. The second-order valence-electron chi connectivity index (χ2n) is 2.23. The Hall–Kier alpha value is -1.30. The Balaban J connectivity index is 2.67. The van der Waals surface area contributed by atoms with Gasteiger partial charge in [0.25, 0.3) is 5.78 Å². The van der Waals surface area contributed by atoms with Crippen LogP contribution in [0.25, 0.3) is 5.78 Å². The Morgan fingerprint density at radius 1 is 1.58 bits per heavy atom. The van der Waals surface area contributed by atoms with E-state index in [0.717, 1.165) is 0 Å². The molecule has 5 nitrogen and oxygen atoms in total. The van der Waals surface area contributed by atoms with Crippen molar-refractivity contribution in [3.8, 4) is 0 Å². The largest absolute Gasteiger partial charge is 0.396 e. The second kappa shape index (κ2) is 2.63. The molecule has 0 saturated heterocycles. The monoisotopic (exact) mass is 181 g/mol. The van der Waals surface area contributed by atoms with Crippen molar-refractivity contribution in [3.63, 3.8) is 0 Å². The first-order chi connectivity index (χ1) is 5.79. The van der Waals surface area contributed by atoms with E-state index in [2.05, 4.69) is 15.1 Å². The van der Waals surface area contributed by atoms with Gasteiger partial charge in [-0.3, -0.25) is 0 Å². The summed E-state index contributed by atoms with van der Waals surface area (Å²) in [6.45, 7) is 0. The predicted molar refractivity (Wildman–Crippen MR) is 47.0 cm³/mol. The summed E-state index contributed by atoms with van der Waals surface area (Å²) in [5.74, 6) is 0.577. The first kappa shape index (κ1) is 7.35. The van der Waals surface area contributed by atoms with E-state index in [4.69, 9.17) is 5.73 Å². The molecule has 2 aromatic heterocycles. The van der Waals surface area contributed by atoms with Crippen LogP contribution >= 0.6 is 11.8 Å². The number of nitrogen functional groups attached to an aromatic ring is 1. The van der Waals surface area contributed by atoms with Crippen LogP contribution in [0.1, 0.15) is 0 Å². The van der Waals surface area contributed by atoms with Crippen molar-refractivity contribution >= 4 is 23.2 Å². The lowest BCUT2D eigenvalue weighted by molar-refractivity contribution is 0.882. The maximum absolute atomic E-state index is 5.52. The maximum atomic E-state index is 5.52. The third kappa shape index (κ3) is 1.10. The predicted octanol–water partition coefficient (Wildman–Crippen LogP) is 0.428. The molecule has 2 aromatic rings. The first-order valence-electron chi connectivity index (χ1n) is 3.31. The standard InChI is InChI=1S/C6H7N5S/c1-12-6-9-5-8-2-4(7)3-11(5)10-6/h2-3H,7H2,1H3. The van der Waals surface area contributed by atoms with E-state index in [9.17, 15) is 0 Å². The number of rotatable bonds is 1. The SMILES string of the molecule is CSc1nc2ncc(N)cn2n1. The van der Waals surface area contributed by atoms with Crippen molar-refractivity contribution in [3.05, 3.63) is 12.4 Å². The molecule has 6 heteroatoms. The summed E-state index contributed by atoms with van der Waals surface area (Å²) >= 11 is 1.48. The van der Waals surface area contributed by atoms with Gasteiger partial charge in [-0.2, -0.15) is 4.98 Å². The highest BCUT2D eigenvalue weighted by atomic mass is 32.2. The minimum Gasteiger partial charge on any atom is -0.396 e. The van der Waals surface area contributed by atoms with Crippen LogP contribution in [0, 0.1) is 0 Å². The average molecular weight is 181 g/mol. The fourth-order valence-corrected chi connectivity index (χ4v) is 1.21. The number of nitrogens with zero attached hydrogens (tertiary/aromatic N) is 4. The van der Waals surface area contributed by atoms with Crippen LogP contribution in [0.15, 0.2) is 17.6 Å². The molecular weight excluding hydrogens is 174 g/mol. The average Bonchev–Trinajstić information content (AvgIpc) is 2.46. The lowest BCUT2D eigenvalue weighted by Crippen LogP contribution is -1.94. The van der Waals surface area contributed by atoms with Gasteiger partial charge in [-0.15, -0.1) is 5.10 Å². The van der Waals surface area contributed by atoms with Gasteiger partial charge in [-0.25, -0.2) is 9.50 Å². The Kier molecular flexibility index (Phi) is 1.61. The molecule has 2 heterocycles. The van der Waals surface area contributed by atoms with E-state index < -0.39 is 0 Å². The number of thioether (sulfide) groups is 1. The van der Waals surface area contributed by atoms with Crippen LogP contribution in [0.4, 0.5) is 5.69 Å². The van der Waals surface area contributed by atoms with Crippen molar-refractivity contribution < 1.29 is 0 Å². The van der Waals surface area contributed by atoms with Crippen molar-refractivity contribution in [1.82, 2.24) is 19.6 Å². The second-order valence-corrected chi connectivity index (χ2v) is 3.00. The van der Waals surface area contributed by atoms with E-state index in [0.29, 0.717) is 16.6 Å². The van der Waals surface area contributed by atoms with E-state index in [1.807, 2.05) is 6.26 Å². The zero-order chi connectivity index (χ0) is 8.55. The van der Waals surface area contributed by atoms with Gasteiger partial charge in [-0.05, 0) is 6.26 Å². The molecule has 0 aliphatic rings. The summed E-state index contributed by atoms with van der Waals surface area (Å²) in [6, 6.07) is 0. The summed E-state index contributed by atoms with van der Waals surface area (Å²) in [4.78, 5) is 8.12. The molecular formula is C6H7N5S. The van der Waals surface area contributed by atoms with Gasteiger partial charge in [0, 0.05) is 0 Å². The van der Waals surface area contributed by atoms with Gasteiger partial charge in [-0.1, -0.05) is 11.8 Å². The van der Waals surface area contributed by atoms with Gasteiger partial charge < -0.3 is 5.73 Å². The number of anilines is 1. The topological polar surface area (TPSA) is 69.1 Å². The molecule has 0 aliphatic carbocycles. The molecule has 0 aliphatic heterocycles. The van der Waals surface area contributed by atoms with Gasteiger partial charge in [0.2, 0.25) is 5.16 Å². The summed E-state index contributed by atoms with van der Waals surface area (Å²) in [5.41, 5.74) is 6.10. The summed E-state index contributed by atoms with van der Waals surface area (Å²) in [7, 11) is 0. The van der Waals surface area contributed by atoms with Crippen LogP contribution in [0.2, 0.25) is 0 Å². The van der Waals surface area contributed by atoms with Crippen molar-refractivity contribution in [2.75, 3.05) is 12.0 Å². The minimum absolute atomic E-state index is 0.577. The number of hydrogen-bond donors (Lipinski definition) is 1. The van der Waals surface area contributed by atoms with Crippen LogP contribution in [0.5, 0.6) is 0 Å². The van der Waals surface area contributed by atoms with E-state index in [1.165, 1.54) is 11.8 Å². The Labute approximate surface area is 73.0 Å². The maximum Gasteiger partial charge on any atom is 0.253 e. The van der Waals surface area contributed by atoms with Gasteiger partial charge in [0.1, 0.15) is 0 Å². The molecule has 0 unspecified atom stereocenters. The molecule has 0 saturated carbocycles. The number of fused-ring (bicyclic) bond motifs is 1. The zero-order valence-corrected chi connectivity index (χ0v) is 7.25. The van der Waals surface area contributed by atoms with E-state index >= 15 is 0 Å². The van der Waals surface area contributed by atoms with Gasteiger partial charge >= 0.3 is 0 Å². The molecule has 2 rings (SSSR count). The van der Waals surface area contributed by atoms with Crippen molar-refractivity contribution in [2.45, 2.75) is 5.16 Å². The normalized spacial score (nSPS) is 10.8. The minimum atomic E-state index is 0.577. The highest BCUT2D eigenvalue weighted by Crippen LogP contribution is 2.09. The lowest BCUT2D eigenvalue weighted by atomic mass is 10.6. The lowest BCUT2D eigenvalue weighted by Gasteiger charge is -1.90. The fourth-order valence-electron chi connectivity index (χ4n) is 0.864. The van der Waals surface area contributed by atoms with Crippen LogP contribution in [0.3, 0.4) is 0 Å². The van der Waals surface area contributed by atoms with E-state index in [-0.39, 0.29) is 0 Å². The van der Waals surface area contributed by atoms with Crippen molar-refractivity contribution in [2.24, 2.45) is 0 Å². The summed E-state index contributed by atoms with van der Waals surface area (Å²) in [5, 5.41) is 4.82. The molecule has 62 valence electrons. The molecule has 2 N–H and O–H groups in total. The van der Waals surface area contributed by atoms with Crippen LogP contribution in [-0.4, -0.2) is 25.8 Å². The highest BCUT2D eigenvalue weighted by Gasteiger charge is 2.01. The zero-order valence-electron chi connectivity index (χ0n) is 6.43. The number of nitrogens with two attached hydrogens (primary N) is 1. The Morgan fingerprint density at radius 3 is 3.17 bits per heavy atom. The van der Waals surface area contributed by atoms with Gasteiger partial charge in [0.15, 0.2) is 0 Å². The molecule has 0 spiro atoms. The third-order valence-corrected chi connectivity index (χ3v) is 1.91. The first-order valence-corrected chi connectivity index (χ1v) is 4.54. The molecule has 0 aromatic carbocycles. The summed E-state index contributed by atoms with van der Waals surface area (Å²) < 4.78 is 1.57. The molecule has 0 bridgehead atoms. The molecule has 0 radical (unpaired) electrons. The number of hydrogen-bond acceptors (Lipinski definition) is 5. The highest BCUT2D eigenvalue weighted by molar-refractivity contribution is 7.98. The van der Waals surface area contributed by atoms with Crippen LogP contribution < -0.4 is 5.73 Å². The Morgan fingerprint density at radius 2 is 2.42 bits per heavy atom. The molecule has 12 heavy (non-hydrogen) atoms.